The summed E-state index contributed by atoms with van der Waals surface area (Å²) in [6.07, 6.45) is 0.195. The van der Waals surface area contributed by atoms with E-state index in [1.165, 1.54) is 19.1 Å². The minimum atomic E-state index is -1.47. The van der Waals surface area contributed by atoms with Crippen LogP contribution in [0, 0.1) is 0 Å². The highest BCUT2D eigenvalue weighted by molar-refractivity contribution is 5.94. The third-order valence-electron chi connectivity index (χ3n) is 5.93. The van der Waals surface area contributed by atoms with Gasteiger partial charge >= 0.3 is 5.97 Å². The van der Waals surface area contributed by atoms with Crippen LogP contribution in [0.2, 0.25) is 0 Å². The van der Waals surface area contributed by atoms with Gasteiger partial charge in [0.15, 0.2) is 5.96 Å². The molecular weight excluding hydrogens is 524 g/mol. The van der Waals surface area contributed by atoms with E-state index in [9.17, 15) is 34.5 Å². The van der Waals surface area contributed by atoms with Gasteiger partial charge in [0.2, 0.25) is 17.7 Å². The molecule has 0 spiro atoms. The number of rotatable bonds is 18. The molecule has 1 rings (SSSR count). The van der Waals surface area contributed by atoms with Gasteiger partial charge in [0.25, 0.3) is 0 Å². The Morgan fingerprint density at radius 2 is 1.50 bits per heavy atom. The highest BCUT2D eigenvalue weighted by Crippen LogP contribution is 2.11. The van der Waals surface area contributed by atoms with Gasteiger partial charge in [-0.15, -0.1) is 0 Å². The second-order valence-electron chi connectivity index (χ2n) is 9.40. The van der Waals surface area contributed by atoms with Crippen LogP contribution in [0.15, 0.2) is 29.3 Å². The number of aliphatic imine (C=N–C) groups is 1. The van der Waals surface area contributed by atoms with Crippen LogP contribution in [0.4, 0.5) is 0 Å². The van der Waals surface area contributed by atoms with Crippen LogP contribution in [-0.2, 0) is 25.6 Å². The molecule has 0 aromatic heterocycles. The van der Waals surface area contributed by atoms with Gasteiger partial charge in [-0.25, -0.2) is 4.79 Å². The maximum Gasteiger partial charge on any atom is 0.326 e. The van der Waals surface area contributed by atoms with Crippen LogP contribution in [0.5, 0.6) is 5.75 Å². The standard InChI is InChI=1S/C25H42N8O7/c1-14(34)20(33-21(36)17(27)13-15-7-9-16(35)10-8-15)23(38)31-18(6-4-12-30-25(28)29)22(37)32-19(24(39)40)5-2-3-11-26/h7-10,14,17-20,34-35H,2-6,11-13,26-27H2,1H3,(H,31,38)(H,32,37)(H,33,36)(H,39,40)(H4,28,29,30). The molecule has 224 valence electrons. The lowest BCUT2D eigenvalue weighted by atomic mass is 10.0. The Hall–Kier alpha value is -3.95. The van der Waals surface area contributed by atoms with Crippen molar-refractivity contribution in [2.45, 2.75) is 75.7 Å². The molecule has 40 heavy (non-hydrogen) atoms. The number of carboxylic acids is 1. The number of aliphatic hydroxyl groups excluding tert-OH is 1. The van der Waals surface area contributed by atoms with E-state index in [1.807, 2.05) is 0 Å². The predicted molar refractivity (Wildman–Crippen MR) is 148 cm³/mol. The number of carbonyl (C=O) groups is 4. The molecule has 15 nitrogen and oxygen atoms in total. The summed E-state index contributed by atoms with van der Waals surface area (Å²) < 4.78 is 0. The summed E-state index contributed by atoms with van der Waals surface area (Å²) >= 11 is 0. The predicted octanol–water partition coefficient (Wildman–Crippen LogP) is -2.64. The number of hydrogen-bond acceptors (Lipinski definition) is 9. The number of carboxylic acid groups (broad SMARTS) is 1. The van der Waals surface area contributed by atoms with Gasteiger partial charge < -0.3 is 54.2 Å². The van der Waals surface area contributed by atoms with Crippen LogP contribution in [0.1, 0.15) is 44.6 Å². The molecular formula is C25H42N8O7. The van der Waals surface area contributed by atoms with Gasteiger partial charge in [0, 0.05) is 6.54 Å². The number of nitrogens with two attached hydrogens (primary N) is 4. The number of guanidine groups is 1. The lowest BCUT2D eigenvalue weighted by molar-refractivity contribution is -0.142. The smallest absolute Gasteiger partial charge is 0.326 e. The van der Waals surface area contributed by atoms with Crippen molar-refractivity contribution in [3.05, 3.63) is 29.8 Å². The molecule has 0 aliphatic carbocycles. The fourth-order valence-corrected chi connectivity index (χ4v) is 3.70. The molecule has 3 amide bonds. The van der Waals surface area contributed by atoms with Crippen molar-refractivity contribution in [1.82, 2.24) is 16.0 Å². The molecule has 0 saturated heterocycles. The molecule has 5 atom stereocenters. The number of hydrogen-bond donors (Lipinski definition) is 10. The van der Waals surface area contributed by atoms with Gasteiger partial charge in [-0.1, -0.05) is 12.1 Å². The first-order valence-electron chi connectivity index (χ1n) is 13.0. The number of carbonyl (C=O) groups excluding carboxylic acids is 3. The second-order valence-corrected chi connectivity index (χ2v) is 9.40. The number of aromatic hydroxyl groups is 1. The normalized spacial score (nSPS) is 14.6. The number of aliphatic hydroxyl groups is 1. The fourth-order valence-electron chi connectivity index (χ4n) is 3.70. The first kappa shape index (κ1) is 34.1. The first-order valence-corrected chi connectivity index (χ1v) is 13.0. The van der Waals surface area contributed by atoms with Crippen molar-refractivity contribution in [2.24, 2.45) is 27.9 Å². The van der Waals surface area contributed by atoms with Crippen LogP contribution in [0.25, 0.3) is 0 Å². The van der Waals surface area contributed by atoms with Gasteiger partial charge in [0.05, 0.1) is 12.1 Å². The monoisotopic (exact) mass is 566 g/mol. The zero-order valence-corrected chi connectivity index (χ0v) is 22.6. The highest BCUT2D eigenvalue weighted by atomic mass is 16.4. The van der Waals surface area contributed by atoms with E-state index in [1.54, 1.807) is 12.1 Å². The van der Waals surface area contributed by atoms with E-state index in [2.05, 4.69) is 20.9 Å². The Bertz CT molecular complexity index is 999. The summed E-state index contributed by atoms with van der Waals surface area (Å²) in [5, 5.41) is 36.4. The van der Waals surface area contributed by atoms with Gasteiger partial charge in [-0.2, -0.15) is 0 Å². The highest BCUT2D eigenvalue weighted by Gasteiger charge is 2.32. The zero-order chi connectivity index (χ0) is 30.2. The molecule has 15 heteroatoms. The maximum absolute atomic E-state index is 13.1. The van der Waals surface area contributed by atoms with Gasteiger partial charge in [0.1, 0.15) is 23.9 Å². The Labute approximate surface area is 232 Å². The lowest BCUT2D eigenvalue weighted by Crippen LogP contribution is -2.60. The van der Waals surface area contributed by atoms with E-state index >= 15 is 0 Å². The number of amides is 3. The van der Waals surface area contributed by atoms with Crippen molar-refractivity contribution in [1.29, 1.82) is 0 Å². The van der Waals surface area contributed by atoms with E-state index in [0.29, 0.717) is 24.9 Å². The maximum atomic E-state index is 13.1. The summed E-state index contributed by atoms with van der Waals surface area (Å²) in [6.45, 7) is 1.79. The fraction of sp³-hybridized carbons (Fsp3) is 0.560. The quantitative estimate of drug-likeness (QED) is 0.0498. The molecule has 14 N–H and O–H groups in total. The van der Waals surface area contributed by atoms with Crippen molar-refractivity contribution in [2.75, 3.05) is 13.1 Å². The summed E-state index contributed by atoms with van der Waals surface area (Å²) in [6, 6.07) is 1.09. The summed E-state index contributed by atoms with van der Waals surface area (Å²) in [7, 11) is 0. The molecule has 0 radical (unpaired) electrons. The van der Waals surface area contributed by atoms with E-state index in [0.717, 1.165) is 0 Å². The topological polar surface area (TPSA) is 282 Å². The molecule has 0 fully saturated rings. The summed E-state index contributed by atoms with van der Waals surface area (Å²) in [5.74, 6) is -3.72. The van der Waals surface area contributed by atoms with Gasteiger partial charge in [-0.3, -0.25) is 19.4 Å². The van der Waals surface area contributed by atoms with Crippen molar-refractivity contribution < 1.29 is 34.5 Å². The number of phenols is 1. The third kappa shape index (κ3) is 12.7. The van der Waals surface area contributed by atoms with Crippen molar-refractivity contribution in [3.63, 3.8) is 0 Å². The number of benzene rings is 1. The summed E-state index contributed by atoms with van der Waals surface area (Å²) in [4.78, 5) is 54.3. The van der Waals surface area contributed by atoms with Crippen LogP contribution in [-0.4, -0.2) is 88.3 Å². The summed E-state index contributed by atoms with van der Waals surface area (Å²) in [5.41, 5.74) is 22.7. The molecule has 0 aliphatic heterocycles. The van der Waals surface area contributed by atoms with E-state index in [4.69, 9.17) is 22.9 Å². The number of unbranched alkanes of at least 4 members (excludes halogenated alkanes) is 1. The largest absolute Gasteiger partial charge is 0.508 e. The van der Waals surface area contributed by atoms with Crippen LogP contribution < -0.4 is 38.9 Å². The molecule has 0 heterocycles. The SMILES string of the molecule is CC(O)C(NC(=O)C(N)Cc1ccc(O)cc1)C(=O)NC(CCCN=C(N)N)C(=O)NC(CCCCN)C(=O)O. The Balaban J connectivity index is 2.97. The number of nitrogens with one attached hydrogen (secondary N) is 3. The molecule has 5 unspecified atom stereocenters. The third-order valence-corrected chi connectivity index (χ3v) is 5.93. The second kappa shape index (κ2) is 17.6. The van der Waals surface area contributed by atoms with Gasteiger partial charge in [-0.05, 0) is 69.7 Å². The molecule has 0 bridgehead atoms. The lowest BCUT2D eigenvalue weighted by Gasteiger charge is -2.26. The molecule has 1 aromatic rings. The number of phenolic OH excluding ortho intramolecular Hbond substituents is 1. The van der Waals surface area contributed by atoms with Crippen molar-refractivity contribution in [3.8, 4) is 5.75 Å². The number of nitrogens with zero attached hydrogens (tertiary/aromatic N) is 1. The van der Waals surface area contributed by atoms with Crippen molar-refractivity contribution >= 4 is 29.7 Å². The molecule has 1 aromatic carbocycles. The van der Waals surface area contributed by atoms with E-state index in [-0.39, 0.29) is 43.9 Å². The zero-order valence-electron chi connectivity index (χ0n) is 22.6. The number of aliphatic carboxylic acids is 1. The van der Waals surface area contributed by atoms with Crippen LogP contribution in [0.3, 0.4) is 0 Å². The minimum absolute atomic E-state index is 0.0321. The molecule has 0 saturated carbocycles. The average Bonchev–Trinajstić information content (AvgIpc) is 2.88. The Morgan fingerprint density at radius 1 is 0.900 bits per heavy atom. The first-order chi connectivity index (χ1) is 18.8. The Kier molecular flexibility index (Phi) is 15.0. The minimum Gasteiger partial charge on any atom is -0.508 e. The molecule has 0 aliphatic rings. The van der Waals surface area contributed by atoms with Crippen LogP contribution >= 0.6 is 0 Å². The average molecular weight is 567 g/mol. The Morgan fingerprint density at radius 3 is 2.05 bits per heavy atom. The van der Waals surface area contributed by atoms with E-state index < -0.39 is 54.0 Å².